The SMILES string of the molecule is O=C(O)Oc1cc(=O)n(-c2cccc(Cl)c2)[nH]1. The number of H-pyrrole nitrogens is 1. The molecule has 7 heteroatoms. The lowest BCUT2D eigenvalue weighted by Crippen LogP contribution is -2.13. The van der Waals surface area contributed by atoms with Gasteiger partial charge in [0.1, 0.15) is 0 Å². The quantitative estimate of drug-likeness (QED) is 0.802. The van der Waals surface area contributed by atoms with E-state index >= 15 is 0 Å². The molecule has 0 fully saturated rings. The molecule has 1 heterocycles. The molecule has 2 aromatic rings. The summed E-state index contributed by atoms with van der Waals surface area (Å²) in [7, 11) is 0. The Labute approximate surface area is 100.0 Å². The number of aromatic nitrogens is 2. The van der Waals surface area contributed by atoms with Gasteiger partial charge in [0.15, 0.2) is 0 Å². The number of carboxylic acid groups (broad SMARTS) is 1. The third-order valence-electron chi connectivity index (χ3n) is 1.96. The van der Waals surface area contributed by atoms with Crippen molar-refractivity contribution in [3.63, 3.8) is 0 Å². The summed E-state index contributed by atoms with van der Waals surface area (Å²) in [6.07, 6.45) is -1.50. The van der Waals surface area contributed by atoms with Crippen molar-refractivity contribution in [3.8, 4) is 11.6 Å². The van der Waals surface area contributed by atoms with Crippen molar-refractivity contribution < 1.29 is 14.6 Å². The molecule has 1 aromatic carbocycles. The molecule has 0 aliphatic heterocycles. The van der Waals surface area contributed by atoms with Crippen LogP contribution < -0.4 is 10.3 Å². The van der Waals surface area contributed by atoms with E-state index in [1.54, 1.807) is 24.3 Å². The number of ether oxygens (including phenoxy) is 1. The molecule has 1 aromatic heterocycles. The molecule has 6 nitrogen and oxygen atoms in total. The van der Waals surface area contributed by atoms with Crippen LogP contribution in [0.3, 0.4) is 0 Å². The second-order valence-corrected chi connectivity index (χ2v) is 3.58. The second-order valence-electron chi connectivity index (χ2n) is 3.14. The summed E-state index contributed by atoms with van der Waals surface area (Å²) < 4.78 is 5.46. The highest BCUT2D eigenvalue weighted by Crippen LogP contribution is 2.14. The molecular formula is C10H7ClN2O4. The smallest absolute Gasteiger partial charge is 0.449 e. The van der Waals surface area contributed by atoms with Crippen molar-refractivity contribution in [1.29, 1.82) is 0 Å². The molecular weight excluding hydrogens is 248 g/mol. The number of hydrogen-bond donors (Lipinski definition) is 2. The monoisotopic (exact) mass is 254 g/mol. The van der Waals surface area contributed by atoms with E-state index in [4.69, 9.17) is 16.7 Å². The number of benzene rings is 1. The minimum absolute atomic E-state index is 0.150. The van der Waals surface area contributed by atoms with Crippen LogP contribution in [0.15, 0.2) is 35.1 Å². The number of nitrogens with one attached hydrogen (secondary N) is 1. The van der Waals surface area contributed by atoms with Crippen molar-refractivity contribution in [1.82, 2.24) is 9.78 Å². The Balaban J connectivity index is 2.43. The van der Waals surface area contributed by atoms with Gasteiger partial charge in [-0.3, -0.25) is 9.89 Å². The van der Waals surface area contributed by atoms with Crippen LogP contribution in [0.4, 0.5) is 4.79 Å². The largest absolute Gasteiger partial charge is 0.512 e. The van der Waals surface area contributed by atoms with E-state index in [2.05, 4.69) is 9.84 Å². The predicted octanol–water partition coefficient (Wildman–Crippen LogP) is 1.88. The lowest BCUT2D eigenvalue weighted by atomic mass is 10.3. The Morgan fingerprint density at radius 3 is 2.82 bits per heavy atom. The Bertz CT molecular complexity index is 617. The Morgan fingerprint density at radius 1 is 1.41 bits per heavy atom. The van der Waals surface area contributed by atoms with E-state index in [1.807, 2.05) is 0 Å². The van der Waals surface area contributed by atoms with Gasteiger partial charge in [0.05, 0.1) is 11.8 Å². The fourth-order valence-electron chi connectivity index (χ4n) is 1.33. The maximum absolute atomic E-state index is 11.5. The standard InChI is InChI=1S/C10H7ClN2O4/c11-6-2-1-3-7(4-6)13-9(14)5-8(12-13)17-10(15)16/h1-5,12H,(H,15,16). The first-order valence-corrected chi connectivity index (χ1v) is 4.93. The molecule has 0 aliphatic rings. The molecule has 2 rings (SSSR count). The van der Waals surface area contributed by atoms with Crippen molar-refractivity contribution in [3.05, 3.63) is 45.7 Å². The van der Waals surface area contributed by atoms with Crippen molar-refractivity contribution in [2.75, 3.05) is 0 Å². The van der Waals surface area contributed by atoms with Crippen LogP contribution >= 0.6 is 11.6 Å². The van der Waals surface area contributed by atoms with Crippen LogP contribution in [0.2, 0.25) is 5.02 Å². The maximum atomic E-state index is 11.5. The van der Waals surface area contributed by atoms with Gasteiger partial charge in [-0.25, -0.2) is 9.48 Å². The van der Waals surface area contributed by atoms with Gasteiger partial charge in [-0.05, 0) is 18.2 Å². The topological polar surface area (TPSA) is 84.3 Å². The van der Waals surface area contributed by atoms with Gasteiger partial charge >= 0.3 is 6.16 Å². The molecule has 0 saturated heterocycles. The lowest BCUT2D eigenvalue weighted by Gasteiger charge is -2.01. The number of hydrogen-bond acceptors (Lipinski definition) is 3. The summed E-state index contributed by atoms with van der Waals surface area (Å²) in [4.78, 5) is 21.9. The molecule has 0 bridgehead atoms. The summed E-state index contributed by atoms with van der Waals surface area (Å²) in [5.74, 6) is -0.150. The second kappa shape index (κ2) is 4.34. The molecule has 2 N–H and O–H groups in total. The van der Waals surface area contributed by atoms with Crippen LogP contribution in [-0.4, -0.2) is 21.0 Å². The van der Waals surface area contributed by atoms with E-state index in [0.29, 0.717) is 10.7 Å². The molecule has 0 aliphatic carbocycles. The third kappa shape index (κ3) is 2.48. The zero-order valence-corrected chi connectivity index (χ0v) is 9.14. The molecule has 0 atom stereocenters. The summed E-state index contributed by atoms with van der Waals surface area (Å²) in [5, 5.41) is 11.4. The van der Waals surface area contributed by atoms with Gasteiger partial charge in [0.25, 0.3) is 5.56 Å². The summed E-state index contributed by atoms with van der Waals surface area (Å²) >= 11 is 5.78. The lowest BCUT2D eigenvalue weighted by molar-refractivity contribution is 0.142. The first-order chi connectivity index (χ1) is 8.06. The van der Waals surface area contributed by atoms with Crippen LogP contribution in [0, 0.1) is 0 Å². The summed E-state index contributed by atoms with van der Waals surface area (Å²) in [6.45, 7) is 0. The predicted molar refractivity (Wildman–Crippen MR) is 60.1 cm³/mol. The molecule has 0 unspecified atom stereocenters. The van der Waals surface area contributed by atoms with Gasteiger partial charge in [-0.2, -0.15) is 0 Å². The van der Waals surface area contributed by atoms with Crippen LogP contribution in [0.5, 0.6) is 5.88 Å². The van der Waals surface area contributed by atoms with E-state index in [-0.39, 0.29) is 5.88 Å². The molecule has 0 saturated carbocycles. The van der Waals surface area contributed by atoms with Gasteiger partial charge in [0.2, 0.25) is 5.88 Å². The molecule has 88 valence electrons. The Morgan fingerprint density at radius 2 is 2.18 bits per heavy atom. The number of rotatable bonds is 2. The number of aromatic amines is 1. The first kappa shape index (κ1) is 11.3. The molecule has 0 spiro atoms. The van der Waals surface area contributed by atoms with Gasteiger partial charge in [-0.15, -0.1) is 0 Å². The first-order valence-electron chi connectivity index (χ1n) is 4.55. The summed E-state index contributed by atoms with van der Waals surface area (Å²) in [6, 6.07) is 7.57. The van der Waals surface area contributed by atoms with Crippen LogP contribution in [0.25, 0.3) is 5.69 Å². The van der Waals surface area contributed by atoms with Crippen LogP contribution in [-0.2, 0) is 0 Å². The fourth-order valence-corrected chi connectivity index (χ4v) is 1.51. The van der Waals surface area contributed by atoms with E-state index in [0.717, 1.165) is 10.7 Å². The number of carbonyl (C=O) groups is 1. The third-order valence-corrected chi connectivity index (χ3v) is 2.20. The highest BCUT2D eigenvalue weighted by Gasteiger charge is 2.08. The highest BCUT2D eigenvalue weighted by atomic mass is 35.5. The number of nitrogens with zero attached hydrogens (tertiary/aromatic N) is 1. The minimum Gasteiger partial charge on any atom is -0.449 e. The normalized spacial score (nSPS) is 10.2. The molecule has 17 heavy (non-hydrogen) atoms. The van der Waals surface area contributed by atoms with Crippen LogP contribution in [0.1, 0.15) is 0 Å². The van der Waals surface area contributed by atoms with Crippen molar-refractivity contribution >= 4 is 17.8 Å². The highest BCUT2D eigenvalue weighted by molar-refractivity contribution is 6.30. The van der Waals surface area contributed by atoms with Gasteiger partial charge < -0.3 is 9.84 Å². The maximum Gasteiger partial charge on any atom is 0.512 e. The minimum atomic E-state index is -1.50. The summed E-state index contributed by atoms with van der Waals surface area (Å²) in [5.41, 5.74) is 0.0475. The van der Waals surface area contributed by atoms with Gasteiger partial charge in [0, 0.05) is 5.02 Å². The Kier molecular flexibility index (Phi) is 2.88. The molecule has 0 radical (unpaired) electrons. The van der Waals surface area contributed by atoms with E-state index < -0.39 is 11.7 Å². The fraction of sp³-hybridized carbons (Fsp3) is 0. The van der Waals surface area contributed by atoms with Crippen molar-refractivity contribution in [2.24, 2.45) is 0 Å². The zero-order valence-electron chi connectivity index (χ0n) is 8.38. The van der Waals surface area contributed by atoms with E-state index in [9.17, 15) is 9.59 Å². The van der Waals surface area contributed by atoms with Crippen molar-refractivity contribution in [2.45, 2.75) is 0 Å². The Hall–Kier alpha value is -2.21. The number of halogens is 1. The van der Waals surface area contributed by atoms with Gasteiger partial charge in [-0.1, -0.05) is 17.7 Å². The average Bonchev–Trinajstić information content (AvgIpc) is 2.58. The average molecular weight is 255 g/mol. The van der Waals surface area contributed by atoms with E-state index in [1.165, 1.54) is 0 Å². The zero-order chi connectivity index (χ0) is 12.4. The molecule has 0 amide bonds.